The quantitative estimate of drug-likeness (QED) is 0.587. The van der Waals surface area contributed by atoms with Crippen molar-refractivity contribution in [1.82, 2.24) is 0 Å². The Kier molecular flexibility index (Phi) is 5.22. The Morgan fingerprint density at radius 3 is 1.35 bits per heavy atom. The van der Waals surface area contributed by atoms with Gasteiger partial charge in [-0.25, -0.2) is 0 Å². The first-order valence-electron chi connectivity index (χ1n) is 5.89. The van der Waals surface area contributed by atoms with Crippen LogP contribution < -0.4 is 0 Å². The first kappa shape index (κ1) is 13.2. The predicted molar refractivity (Wildman–Crippen MR) is 77.2 cm³/mol. The predicted octanol–water partition coefficient (Wildman–Crippen LogP) is 5.16. The molecule has 2 rings (SSSR count). The lowest BCUT2D eigenvalue weighted by atomic mass is 9.97. The van der Waals surface area contributed by atoms with Crippen LogP contribution >= 0.6 is 0 Å². The minimum Gasteiger partial charge on any atom is -0.103 e. The third-order valence-corrected chi connectivity index (χ3v) is 2.58. The van der Waals surface area contributed by atoms with E-state index in [9.17, 15) is 0 Å². The van der Waals surface area contributed by atoms with E-state index in [1.165, 1.54) is 22.3 Å². The van der Waals surface area contributed by atoms with Crippen LogP contribution in [-0.4, -0.2) is 0 Å². The van der Waals surface area contributed by atoms with Crippen molar-refractivity contribution in [3.8, 4) is 11.1 Å². The first-order valence-corrected chi connectivity index (χ1v) is 5.89. The van der Waals surface area contributed by atoms with E-state index in [2.05, 4.69) is 69.0 Å². The lowest BCUT2D eigenvalue weighted by Gasteiger charge is -2.08. The second kappa shape index (κ2) is 6.70. The van der Waals surface area contributed by atoms with Gasteiger partial charge in [0, 0.05) is 0 Å². The van der Waals surface area contributed by atoms with Crippen LogP contribution in [-0.2, 0) is 0 Å². The Hall–Kier alpha value is -1.82. The molecule has 0 nitrogen and oxygen atoms in total. The normalized spacial score (nSPS) is 9.12. The molecule has 0 saturated carbocycles. The van der Waals surface area contributed by atoms with Gasteiger partial charge in [-0.2, -0.15) is 0 Å². The molecular formula is C17H20. The highest BCUT2D eigenvalue weighted by atomic mass is 14.1. The number of rotatable bonds is 1. The molecule has 0 amide bonds. The third kappa shape index (κ3) is 3.60. The van der Waals surface area contributed by atoms with Crippen LogP contribution in [0.1, 0.15) is 18.1 Å². The van der Waals surface area contributed by atoms with Crippen LogP contribution in [0.3, 0.4) is 0 Å². The van der Waals surface area contributed by atoms with E-state index in [0.717, 1.165) is 0 Å². The Bertz CT molecular complexity index is 437. The second-order valence-electron chi connectivity index (χ2n) is 4.04. The van der Waals surface area contributed by atoms with Crippen molar-refractivity contribution in [3.63, 3.8) is 0 Å². The molecule has 0 aliphatic rings. The van der Waals surface area contributed by atoms with Gasteiger partial charge in [-0.3, -0.25) is 0 Å². The van der Waals surface area contributed by atoms with Crippen LogP contribution in [0, 0.1) is 13.8 Å². The molecule has 0 fully saturated rings. The van der Waals surface area contributed by atoms with Crippen LogP contribution in [0.2, 0.25) is 0 Å². The summed E-state index contributed by atoms with van der Waals surface area (Å²) >= 11 is 0. The maximum Gasteiger partial charge on any atom is -0.0152 e. The fourth-order valence-electron chi connectivity index (χ4n) is 1.75. The lowest BCUT2D eigenvalue weighted by Crippen LogP contribution is -1.85. The van der Waals surface area contributed by atoms with Gasteiger partial charge >= 0.3 is 0 Å². The summed E-state index contributed by atoms with van der Waals surface area (Å²) in [6.07, 6.45) is 1.75. The molecule has 0 bridgehead atoms. The smallest absolute Gasteiger partial charge is 0.0152 e. The van der Waals surface area contributed by atoms with Crippen molar-refractivity contribution in [2.45, 2.75) is 20.8 Å². The molecule has 0 heterocycles. The van der Waals surface area contributed by atoms with Crippen molar-refractivity contribution in [2.75, 3.05) is 0 Å². The van der Waals surface area contributed by atoms with E-state index in [1.807, 2.05) is 6.92 Å². The summed E-state index contributed by atoms with van der Waals surface area (Å²) < 4.78 is 0. The number of aryl methyl sites for hydroxylation is 2. The summed E-state index contributed by atoms with van der Waals surface area (Å²) in [5, 5.41) is 0. The largest absolute Gasteiger partial charge is 0.103 e. The summed E-state index contributed by atoms with van der Waals surface area (Å²) in [6.45, 7) is 9.56. The fraction of sp³-hybridized carbons (Fsp3) is 0.176. The molecule has 0 N–H and O–H groups in total. The Morgan fingerprint density at radius 2 is 1.06 bits per heavy atom. The van der Waals surface area contributed by atoms with Gasteiger partial charge in [-0.1, -0.05) is 54.6 Å². The van der Waals surface area contributed by atoms with Crippen LogP contribution in [0.4, 0.5) is 0 Å². The first-order chi connectivity index (χ1) is 8.20. The topological polar surface area (TPSA) is 0 Å². The third-order valence-electron chi connectivity index (χ3n) is 2.58. The number of hydrogen-bond donors (Lipinski definition) is 0. The van der Waals surface area contributed by atoms with E-state index < -0.39 is 0 Å². The molecule has 0 aromatic heterocycles. The van der Waals surface area contributed by atoms with Crippen LogP contribution in [0.25, 0.3) is 11.1 Å². The molecule has 0 unspecified atom stereocenters. The molecule has 0 saturated heterocycles. The van der Waals surface area contributed by atoms with Crippen molar-refractivity contribution in [2.24, 2.45) is 0 Å². The molecule has 2 aromatic carbocycles. The van der Waals surface area contributed by atoms with Gasteiger partial charge in [0.25, 0.3) is 0 Å². The molecule has 0 spiro atoms. The van der Waals surface area contributed by atoms with Gasteiger partial charge in [-0.05, 0) is 43.0 Å². The van der Waals surface area contributed by atoms with Crippen molar-refractivity contribution in [3.05, 3.63) is 72.3 Å². The number of hydrogen-bond acceptors (Lipinski definition) is 0. The van der Waals surface area contributed by atoms with E-state index >= 15 is 0 Å². The zero-order chi connectivity index (χ0) is 12.7. The standard InChI is InChI=1S/C14H14.C3H6/c1-11-7-3-5-9-13(11)14-10-6-4-8-12(14)2;1-3-2/h3-10H,1-2H3;3H,1H2,2H3. The maximum atomic E-state index is 3.36. The Labute approximate surface area is 105 Å². The minimum absolute atomic E-state index is 1.34. The summed E-state index contributed by atoms with van der Waals surface area (Å²) in [7, 11) is 0. The van der Waals surface area contributed by atoms with Gasteiger partial charge in [0.1, 0.15) is 0 Å². The van der Waals surface area contributed by atoms with Gasteiger partial charge in [0.15, 0.2) is 0 Å². The average Bonchev–Trinajstić information content (AvgIpc) is 2.32. The number of benzene rings is 2. The average molecular weight is 224 g/mol. The van der Waals surface area contributed by atoms with E-state index in [1.54, 1.807) is 6.08 Å². The van der Waals surface area contributed by atoms with Gasteiger partial charge in [0.05, 0.1) is 0 Å². The lowest BCUT2D eigenvalue weighted by molar-refractivity contribution is 1.41. The fourth-order valence-corrected chi connectivity index (χ4v) is 1.75. The van der Waals surface area contributed by atoms with Crippen LogP contribution in [0.15, 0.2) is 61.2 Å². The summed E-state index contributed by atoms with van der Waals surface area (Å²) in [5.41, 5.74) is 5.35. The van der Waals surface area contributed by atoms with E-state index in [4.69, 9.17) is 0 Å². The molecule has 0 aliphatic carbocycles. The van der Waals surface area contributed by atoms with Crippen molar-refractivity contribution in [1.29, 1.82) is 0 Å². The SMILES string of the molecule is C=CC.Cc1ccccc1-c1ccccc1C. The molecule has 17 heavy (non-hydrogen) atoms. The molecule has 0 radical (unpaired) electrons. The van der Waals surface area contributed by atoms with Gasteiger partial charge < -0.3 is 0 Å². The van der Waals surface area contributed by atoms with E-state index in [0.29, 0.717) is 0 Å². The van der Waals surface area contributed by atoms with Crippen LogP contribution in [0.5, 0.6) is 0 Å². The molecule has 2 aromatic rings. The highest BCUT2D eigenvalue weighted by Gasteiger charge is 2.02. The molecule has 0 atom stereocenters. The zero-order valence-electron chi connectivity index (χ0n) is 10.9. The molecule has 0 aliphatic heterocycles. The minimum atomic E-state index is 1.34. The maximum absolute atomic E-state index is 3.36. The van der Waals surface area contributed by atoms with E-state index in [-0.39, 0.29) is 0 Å². The Balaban J connectivity index is 0.000000437. The monoisotopic (exact) mass is 224 g/mol. The summed E-state index contributed by atoms with van der Waals surface area (Å²) in [6, 6.07) is 17.0. The van der Waals surface area contributed by atoms with Crippen molar-refractivity contribution >= 4 is 0 Å². The molecule has 88 valence electrons. The molecule has 0 heteroatoms. The molecular weight excluding hydrogens is 204 g/mol. The number of allylic oxidation sites excluding steroid dienone is 1. The highest BCUT2D eigenvalue weighted by Crippen LogP contribution is 2.25. The summed E-state index contributed by atoms with van der Waals surface area (Å²) in [5.74, 6) is 0. The van der Waals surface area contributed by atoms with Gasteiger partial charge in [-0.15, -0.1) is 6.58 Å². The Morgan fingerprint density at radius 1 is 0.765 bits per heavy atom. The van der Waals surface area contributed by atoms with Crippen molar-refractivity contribution < 1.29 is 0 Å². The summed E-state index contributed by atoms with van der Waals surface area (Å²) in [4.78, 5) is 0. The highest BCUT2D eigenvalue weighted by molar-refractivity contribution is 5.70. The zero-order valence-corrected chi connectivity index (χ0v) is 10.9. The van der Waals surface area contributed by atoms with Gasteiger partial charge in [0.2, 0.25) is 0 Å². The second-order valence-corrected chi connectivity index (χ2v) is 4.04.